The van der Waals surface area contributed by atoms with E-state index in [2.05, 4.69) is 31.5 Å². The summed E-state index contributed by atoms with van der Waals surface area (Å²) >= 11 is 3.37. The highest BCUT2D eigenvalue weighted by Crippen LogP contribution is 2.16. The van der Waals surface area contributed by atoms with Gasteiger partial charge in [0.1, 0.15) is 5.69 Å². The Kier molecular flexibility index (Phi) is 6.36. The zero-order valence-electron chi connectivity index (χ0n) is 12.3. The number of hydrogen-bond acceptors (Lipinski definition) is 4. The van der Waals surface area contributed by atoms with Crippen LogP contribution in [0.3, 0.4) is 0 Å². The van der Waals surface area contributed by atoms with Gasteiger partial charge in [-0.25, -0.2) is 4.98 Å². The van der Waals surface area contributed by atoms with E-state index in [1.54, 1.807) is 19.4 Å². The number of hydrogen-bond donors (Lipinski definition) is 2. The second kappa shape index (κ2) is 8.51. The van der Waals surface area contributed by atoms with Crippen LogP contribution < -0.4 is 10.6 Å². The number of ether oxygens (including phenoxy) is 1. The highest BCUT2D eigenvalue weighted by Gasteiger charge is 2.07. The van der Waals surface area contributed by atoms with Crippen molar-refractivity contribution in [1.82, 2.24) is 4.98 Å². The molecule has 22 heavy (non-hydrogen) atoms. The first-order valence-electron chi connectivity index (χ1n) is 6.95. The molecule has 1 aromatic heterocycles. The predicted octanol–water partition coefficient (Wildman–Crippen LogP) is 3.54. The van der Waals surface area contributed by atoms with E-state index in [1.165, 1.54) is 0 Å². The van der Waals surface area contributed by atoms with Gasteiger partial charge in [0.15, 0.2) is 0 Å². The van der Waals surface area contributed by atoms with Crippen molar-refractivity contribution in [1.29, 1.82) is 0 Å². The summed E-state index contributed by atoms with van der Waals surface area (Å²) in [6.45, 7) is 1.52. The topological polar surface area (TPSA) is 63.2 Å². The van der Waals surface area contributed by atoms with Crippen molar-refractivity contribution in [2.45, 2.75) is 6.42 Å². The smallest absolute Gasteiger partial charge is 0.274 e. The number of nitrogens with one attached hydrogen (secondary N) is 2. The van der Waals surface area contributed by atoms with Crippen LogP contribution in [0.4, 0.5) is 11.4 Å². The van der Waals surface area contributed by atoms with E-state index in [9.17, 15) is 4.79 Å². The van der Waals surface area contributed by atoms with Crippen LogP contribution in [-0.2, 0) is 4.74 Å². The van der Waals surface area contributed by atoms with Crippen LogP contribution in [0.25, 0.3) is 0 Å². The third-order valence-electron chi connectivity index (χ3n) is 2.93. The number of nitrogens with zero attached hydrogens (tertiary/aromatic N) is 1. The fourth-order valence-corrected chi connectivity index (χ4v) is 2.24. The van der Waals surface area contributed by atoms with Gasteiger partial charge in [-0.05, 0) is 36.8 Å². The lowest BCUT2D eigenvalue weighted by molar-refractivity contribution is 0.102. The van der Waals surface area contributed by atoms with Crippen molar-refractivity contribution < 1.29 is 9.53 Å². The van der Waals surface area contributed by atoms with Crippen molar-refractivity contribution >= 4 is 33.2 Å². The van der Waals surface area contributed by atoms with Crippen LogP contribution in [0.1, 0.15) is 16.9 Å². The molecule has 0 unspecified atom stereocenters. The molecule has 1 heterocycles. The largest absolute Gasteiger partial charge is 0.385 e. The van der Waals surface area contributed by atoms with Crippen LogP contribution in [0, 0.1) is 0 Å². The highest BCUT2D eigenvalue weighted by molar-refractivity contribution is 9.10. The Bertz CT molecular complexity index is 617. The van der Waals surface area contributed by atoms with Crippen LogP contribution in [0.5, 0.6) is 0 Å². The molecule has 6 heteroatoms. The normalized spacial score (nSPS) is 10.3. The van der Waals surface area contributed by atoms with E-state index in [-0.39, 0.29) is 5.91 Å². The van der Waals surface area contributed by atoms with Gasteiger partial charge in [-0.1, -0.05) is 22.0 Å². The van der Waals surface area contributed by atoms with Crippen LogP contribution in [0.15, 0.2) is 47.1 Å². The number of amides is 1. The van der Waals surface area contributed by atoms with Gasteiger partial charge in [0.05, 0.1) is 11.9 Å². The van der Waals surface area contributed by atoms with E-state index in [4.69, 9.17) is 4.74 Å². The van der Waals surface area contributed by atoms with Crippen molar-refractivity contribution in [3.05, 3.63) is 52.8 Å². The lowest BCUT2D eigenvalue weighted by atomic mass is 10.3. The lowest BCUT2D eigenvalue weighted by Crippen LogP contribution is -2.14. The highest BCUT2D eigenvalue weighted by atomic mass is 79.9. The first-order chi connectivity index (χ1) is 10.7. The molecule has 116 valence electrons. The Balaban J connectivity index is 1.90. The Morgan fingerprint density at radius 1 is 1.27 bits per heavy atom. The third kappa shape index (κ3) is 5.13. The maximum atomic E-state index is 12.1. The fourth-order valence-electron chi connectivity index (χ4n) is 1.84. The van der Waals surface area contributed by atoms with Crippen molar-refractivity contribution in [3.63, 3.8) is 0 Å². The fraction of sp³-hybridized carbons (Fsp3) is 0.250. The molecule has 2 N–H and O–H groups in total. The standard InChI is InChI=1S/C16H18BrN3O2/c1-22-9-3-8-18-14-6-7-15(19-11-14)16(21)20-13-5-2-4-12(17)10-13/h2,4-7,10-11,18H,3,8-9H2,1H3,(H,20,21). The molecule has 0 aliphatic heterocycles. The first-order valence-corrected chi connectivity index (χ1v) is 7.74. The Hall–Kier alpha value is -1.92. The predicted molar refractivity (Wildman–Crippen MR) is 91.3 cm³/mol. The molecule has 0 saturated heterocycles. The van der Waals surface area contributed by atoms with Crippen LogP contribution in [-0.4, -0.2) is 31.2 Å². The minimum absolute atomic E-state index is 0.232. The minimum atomic E-state index is -0.232. The molecule has 1 aromatic carbocycles. The molecule has 0 bridgehead atoms. The van der Waals surface area contributed by atoms with E-state index in [0.717, 1.165) is 28.8 Å². The molecule has 5 nitrogen and oxygen atoms in total. The van der Waals surface area contributed by atoms with Gasteiger partial charge in [-0.15, -0.1) is 0 Å². The lowest BCUT2D eigenvalue weighted by Gasteiger charge is -2.07. The van der Waals surface area contributed by atoms with Gasteiger partial charge in [0.2, 0.25) is 0 Å². The van der Waals surface area contributed by atoms with Gasteiger partial charge in [-0.2, -0.15) is 0 Å². The summed E-state index contributed by atoms with van der Waals surface area (Å²) in [5.41, 5.74) is 1.99. The maximum Gasteiger partial charge on any atom is 0.274 e. The minimum Gasteiger partial charge on any atom is -0.385 e. The second-order valence-electron chi connectivity index (χ2n) is 4.67. The summed E-state index contributed by atoms with van der Waals surface area (Å²) in [7, 11) is 1.68. The molecular formula is C16H18BrN3O2. The summed E-state index contributed by atoms with van der Waals surface area (Å²) < 4.78 is 5.89. The van der Waals surface area contributed by atoms with Gasteiger partial charge in [0, 0.05) is 30.4 Å². The molecule has 2 aromatic rings. The number of pyridine rings is 1. The summed E-state index contributed by atoms with van der Waals surface area (Å²) in [5, 5.41) is 6.03. The zero-order valence-corrected chi connectivity index (χ0v) is 13.9. The van der Waals surface area contributed by atoms with Gasteiger partial charge < -0.3 is 15.4 Å². The molecular weight excluding hydrogens is 346 g/mol. The quantitative estimate of drug-likeness (QED) is 0.738. The van der Waals surface area contributed by atoms with Crippen molar-refractivity contribution in [3.8, 4) is 0 Å². The Labute approximate surface area is 138 Å². The number of carbonyl (C=O) groups excluding carboxylic acids is 1. The summed E-state index contributed by atoms with van der Waals surface area (Å²) in [5.74, 6) is -0.232. The molecule has 2 rings (SSSR count). The average Bonchev–Trinajstić information content (AvgIpc) is 2.52. The number of carbonyl (C=O) groups is 1. The number of benzene rings is 1. The summed E-state index contributed by atoms with van der Waals surface area (Å²) in [6.07, 6.45) is 2.57. The number of halogens is 1. The molecule has 0 saturated carbocycles. The van der Waals surface area contributed by atoms with Gasteiger partial charge in [-0.3, -0.25) is 4.79 Å². The van der Waals surface area contributed by atoms with Crippen LogP contribution >= 0.6 is 15.9 Å². The van der Waals surface area contributed by atoms with E-state index < -0.39 is 0 Å². The van der Waals surface area contributed by atoms with Crippen molar-refractivity contribution in [2.75, 3.05) is 30.9 Å². The van der Waals surface area contributed by atoms with E-state index in [0.29, 0.717) is 12.3 Å². The number of anilines is 2. The molecule has 0 spiro atoms. The average molecular weight is 364 g/mol. The van der Waals surface area contributed by atoms with Crippen molar-refractivity contribution in [2.24, 2.45) is 0 Å². The SMILES string of the molecule is COCCCNc1ccc(C(=O)Nc2cccc(Br)c2)nc1. The molecule has 0 radical (unpaired) electrons. The van der Waals surface area contributed by atoms with E-state index >= 15 is 0 Å². The molecule has 0 aliphatic rings. The Morgan fingerprint density at radius 3 is 2.82 bits per heavy atom. The maximum absolute atomic E-state index is 12.1. The molecule has 0 fully saturated rings. The second-order valence-corrected chi connectivity index (χ2v) is 5.59. The molecule has 0 aliphatic carbocycles. The zero-order chi connectivity index (χ0) is 15.8. The third-order valence-corrected chi connectivity index (χ3v) is 3.43. The van der Waals surface area contributed by atoms with Gasteiger partial charge >= 0.3 is 0 Å². The number of methoxy groups -OCH3 is 1. The van der Waals surface area contributed by atoms with E-state index in [1.807, 2.05) is 30.3 Å². The summed E-state index contributed by atoms with van der Waals surface area (Å²) in [6, 6.07) is 11.0. The van der Waals surface area contributed by atoms with Gasteiger partial charge in [0.25, 0.3) is 5.91 Å². The first kappa shape index (κ1) is 16.5. The van der Waals surface area contributed by atoms with Crippen LogP contribution in [0.2, 0.25) is 0 Å². The number of aromatic nitrogens is 1. The summed E-state index contributed by atoms with van der Waals surface area (Å²) in [4.78, 5) is 16.3. The Morgan fingerprint density at radius 2 is 2.14 bits per heavy atom. The monoisotopic (exact) mass is 363 g/mol. The number of rotatable bonds is 7. The molecule has 1 amide bonds. The molecule has 0 atom stereocenters.